The predicted octanol–water partition coefficient (Wildman–Crippen LogP) is -0.428. The average molecular weight is 221 g/mol. The second kappa shape index (κ2) is 5.65. The van der Waals surface area contributed by atoms with Gasteiger partial charge in [-0.15, -0.1) is 0 Å². The molecule has 0 saturated heterocycles. The SMILES string of the molecule is CCCNS(=O)(=O)NCCNC1CC1. The van der Waals surface area contributed by atoms with Crippen molar-refractivity contribution in [3.8, 4) is 0 Å². The molecule has 0 aliphatic heterocycles. The third kappa shape index (κ3) is 5.54. The third-order valence-electron chi connectivity index (χ3n) is 1.97. The fourth-order valence-corrected chi connectivity index (χ4v) is 1.98. The first kappa shape index (κ1) is 11.9. The minimum absolute atomic E-state index is 0.454. The van der Waals surface area contributed by atoms with Crippen molar-refractivity contribution in [2.45, 2.75) is 32.2 Å². The smallest absolute Gasteiger partial charge is 0.276 e. The molecule has 5 nitrogen and oxygen atoms in total. The molecule has 0 aromatic carbocycles. The Bertz CT molecular complexity index is 249. The van der Waals surface area contributed by atoms with Crippen molar-refractivity contribution >= 4 is 10.2 Å². The van der Waals surface area contributed by atoms with E-state index in [2.05, 4.69) is 14.8 Å². The summed E-state index contributed by atoms with van der Waals surface area (Å²) in [7, 11) is -3.26. The van der Waals surface area contributed by atoms with E-state index < -0.39 is 10.2 Å². The van der Waals surface area contributed by atoms with E-state index in [1.807, 2.05) is 6.92 Å². The van der Waals surface area contributed by atoms with Gasteiger partial charge in [0.15, 0.2) is 0 Å². The number of nitrogens with one attached hydrogen (secondary N) is 3. The molecule has 1 fully saturated rings. The van der Waals surface area contributed by atoms with E-state index in [-0.39, 0.29) is 0 Å². The summed E-state index contributed by atoms with van der Waals surface area (Å²) in [6.07, 6.45) is 3.25. The Labute approximate surface area is 85.8 Å². The first-order chi connectivity index (χ1) is 6.64. The molecule has 0 aromatic heterocycles. The summed E-state index contributed by atoms with van der Waals surface area (Å²) >= 11 is 0. The van der Waals surface area contributed by atoms with Gasteiger partial charge in [0.1, 0.15) is 0 Å². The molecule has 0 aromatic rings. The minimum Gasteiger partial charge on any atom is -0.313 e. The van der Waals surface area contributed by atoms with Crippen molar-refractivity contribution < 1.29 is 8.42 Å². The summed E-state index contributed by atoms with van der Waals surface area (Å²) in [5.41, 5.74) is 0. The second-order valence-corrected chi connectivity index (χ2v) is 5.10. The molecule has 14 heavy (non-hydrogen) atoms. The lowest BCUT2D eigenvalue weighted by atomic mass is 10.5. The van der Waals surface area contributed by atoms with Gasteiger partial charge >= 0.3 is 0 Å². The van der Waals surface area contributed by atoms with Crippen LogP contribution < -0.4 is 14.8 Å². The van der Waals surface area contributed by atoms with E-state index in [1.54, 1.807) is 0 Å². The summed E-state index contributed by atoms with van der Waals surface area (Å²) in [5, 5.41) is 3.23. The highest BCUT2D eigenvalue weighted by Gasteiger charge is 2.19. The molecule has 3 N–H and O–H groups in total. The van der Waals surface area contributed by atoms with E-state index in [1.165, 1.54) is 12.8 Å². The maximum atomic E-state index is 11.2. The molecule has 0 heterocycles. The molecule has 1 saturated carbocycles. The maximum Gasteiger partial charge on any atom is 0.276 e. The van der Waals surface area contributed by atoms with Gasteiger partial charge in [0.2, 0.25) is 0 Å². The van der Waals surface area contributed by atoms with Crippen LogP contribution in [0.3, 0.4) is 0 Å². The number of hydrogen-bond donors (Lipinski definition) is 3. The van der Waals surface area contributed by atoms with Crippen molar-refractivity contribution in [1.29, 1.82) is 0 Å². The summed E-state index contributed by atoms with van der Waals surface area (Å²) < 4.78 is 27.3. The van der Waals surface area contributed by atoms with Gasteiger partial charge in [-0.25, -0.2) is 9.44 Å². The third-order valence-corrected chi connectivity index (χ3v) is 3.14. The van der Waals surface area contributed by atoms with E-state index >= 15 is 0 Å². The quantitative estimate of drug-likeness (QED) is 0.487. The maximum absolute atomic E-state index is 11.2. The van der Waals surface area contributed by atoms with Crippen molar-refractivity contribution in [3.05, 3.63) is 0 Å². The predicted molar refractivity (Wildman–Crippen MR) is 56.2 cm³/mol. The molecule has 0 unspecified atom stereocenters. The Hall–Kier alpha value is -0.170. The summed E-state index contributed by atoms with van der Waals surface area (Å²) in [6.45, 7) is 3.58. The zero-order chi connectivity index (χ0) is 10.4. The molecule has 6 heteroatoms. The Morgan fingerprint density at radius 3 is 2.36 bits per heavy atom. The molecule has 84 valence electrons. The van der Waals surface area contributed by atoms with Crippen molar-refractivity contribution in [3.63, 3.8) is 0 Å². The Morgan fingerprint density at radius 2 is 1.79 bits per heavy atom. The minimum atomic E-state index is -3.26. The van der Waals surface area contributed by atoms with Gasteiger partial charge in [-0.05, 0) is 19.3 Å². The first-order valence-corrected chi connectivity index (χ1v) is 6.60. The average Bonchev–Trinajstić information content (AvgIpc) is 2.93. The summed E-state index contributed by atoms with van der Waals surface area (Å²) in [5.74, 6) is 0. The molecular formula is C8H19N3O2S. The molecule has 0 atom stereocenters. The van der Waals surface area contributed by atoms with Crippen molar-refractivity contribution in [2.24, 2.45) is 0 Å². The zero-order valence-electron chi connectivity index (χ0n) is 8.54. The fourth-order valence-electron chi connectivity index (χ4n) is 1.04. The first-order valence-electron chi connectivity index (χ1n) is 5.11. The summed E-state index contributed by atoms with van der Waals surface area (Å²) in [6, 6.07) is 0.628. The van der Waals surface area contributed by atoms with Crippen LogP contribution in [0.5, 0.6) is 0 Å². The van der Waals surface area contributed by atoms with E-state index in [4.69, 9.17) is 0 Å². The molecule has 0 radical (unpaired) electrons. The Morgan fingerprint density at radius 1 is 1.14 bits per heavy atom. The van der Waals surface area contributed by atoms with Crippen LogP contribution in [0, 0.1) is 0 Å². The van der Waals surface area contributed by atoms with E-state index in [0.29, 0.717) is 25.7 Å². The van der Waals surface area contributed by atoms with Crippen LogP contribution in [0.4, 0.5) is 0 Å². The van der Waals surface area contributed by atoms with Gasteiger partial charge in [-0.3, -0.25) is 0 Å². The van der Waals surface area contributed by atoms with E-state index in [0.717, 1.165) is 6.42 Å². The molecule has 0 amide bonds. The van der Waals surface area contributed by atoms with Crippen molar-refractivity contribution in [2.75, 3.05) is 19.6 Å². The Balaban J connectivity index is 2.02. The van der Waals surface area contributed by atoms with Crippen LogP contribution in [-0.2, 0) is 10.2 Å². The lowest BCUT2D eigenvalue weighted by Crippen LogP contribution is -2.40. The monoisotopic (exact) mass is 221 g/mol. The fraction of sp³-hybridized carbons (Fsp3) is 1.00. The lowest BCUT2D eigenvalue weighted by Gasteiger charge is -2.07. The second-order valence-electron chi connectivity index (χ2n) is 3.52. The van der Waals surface area contributed by atoms with Gasteiger partial charge in [0.05, 0.1) is 0 Å². The largest absolute Gasteiger partial charge is 0.313 e. The van der Waals surface area contributed by atoms with E-state index in [9.17, 15) is 8.42 Å². The highest BCUT2D eigenvalue weighted by atomic mass is 32.2. The van der Waals surface area contributed by atoms with Crippen LogP contribution in [0.25, 0.3) is 0 Å². The van der Waals surface area contributed by atoms with Gasteiger partial charge in [-0.1, -0.05) is 6.92 Å². The van der Waals surface area contributed by atoms with Crippen LogP contribution >= 0.6 is 0 Å². The van der Waals surface area contributed by atoms with Crippen LogP contribution in [0.2, 0.25) is 0 Å². The topological polar surface area (TPSA) is 70.2 Å². The molecule has 1 aliphatic rings. The van der Waals surface area contributed by atoms with Crippen LogP contribution in [0.15, 0.2) is 0 Å². The number of rotatable bonds is 8. The van der Waals surface area contributed by atoms with Gasteiger partial charge in [0.25, 0.3) is 10.2 Å². The summed E-state index contributed by atoms with van der Waals surface area (Å²) in [4.78, 5) is 0. The standard InChI is InChI=1S/C8H19N3O2S/c1-2-5-10-14(12,13)11-7-6-9-8-3-4-8/h8-11H,2-7H2,1H3. The normalized spacial score (nSPS) is 17.2. The molecule has 1 rings (SSSR count). The molecule has 0 spiro atoms. The molecular weight excluding hydrogens is 202 g/mol. The van der Waals surface area contributed by atoms with Gasteiger partial charge < -0.3 is 5.32 Å². The van der Waals surface area contributed by atoms with Gasteiger partial charge in [0, 0.05) is 25.7 Å². The highest BCUT2D eigenvalue weighted by molar-refractivity contribution is 7.87. The Kier molecular flexibility index (Phi) is 4.80. The van der Waals surface area contributed by atoms with Crippen molar-refractivity contribution in [1.82, 2.24) is 14.8 Å². The molecule has 1 aliphatic carbocycles. The lowest BCUT2D eigenvalue weighted by molar-refractivity contribution is 0.560. The van der Waals surface area contributed by atoms with Gasteiger partial charge in [-0.2, -0.15) is 8.42 Å². The highest BCUT2D eigenvalue weighted by Crippen LogP contribution is 2.17. The van der Waals surface area contributed by atoms with Crippen LogP contribution in [-0.4, -0.2) is 34.1 Å². The zero-order valence-corrected chi connectivity index (χ0v) is 9.36. The van der Waals surface area contributed by atoms with Crippen LogP contribution in [0.1, 0.15) is 26.2 Å². The number of hydrogen-bond acceptors (Lipinski definition) is 3. The molecule has 0 bridgehead atoms.